The molecular formula is C30H33ClFN7O2. The van der Waals surface area contributed by atoms with Crippen LogP contribution >= 0.6 is 11.6 Å². The molecule has 2 aromatic carbocycles. The SMILES string of the molecule is COc1nc(N2CC3CC[C@@H](C2)N3)c2cnc(-c3cc(O)cc4cccc(Cl)c34)nc2n1.FC1CC2CCCN2C1. The van der Waals surface area contributed by atoms with Gasteiger partial charge in [-0.05, 0) is 62.2 Å². The summed E-state index contributed by atoms with van der Waals surface area (Å²) in [5.41, 5.74) is 1.14. The summed E-state index contributed by atoms with van der Waals surface area (Å²) in [5.74, 6) is 1.34. The summed E-state index contributed by atoms with van der Waals surface area (Å²) in [7, 11) is 1.55. The molecular weight excluding hydrogens is 545 g/mol. The van der Waals surface area contributed by atoms with E-state index in [1.807, 2.05) is 18.2 Å². The first-order valence-electron chi connectivity index (χ1n) is 14.3. The minimum absolute atomic E-state index is 0.121. The topological polar surface area (TPSA) is 99.5 Å². The van der Waals surface area contributed by atoms with Crippen molar-refractivity contribution in [1.82, 2.24) is 30.2 Å². The molecule has 8 rings (SSSR count). The molecule has 0 amide bonds. The normalized spacial score (nSPS) is 25.4. The van der Waals surface area contributed by atoms with Gasteiger partial charge >= 0.3 is 6.01 Å². The van der Waals surface area contributed by atoms with Crippen LogP contribution in [0.4, 0.5) is 10.2 Å². The van der Waals surface area contributed by atoms with Gasteiger partial charge in [0.2, 0.25) is 0 Å². The molecule has 4 atom stereocenters. The van der Waals surface area contributed by atoms with Gasteiger partial charge < -0.3 is 20.1 Å². The quantitative estimate of drug-likeness (QED) is 0.357. The van der Waals surface area contributed by atoms with Gasteiger partial charge in [-0.3, -0.25) is 4.90 Å². The van der Waals surface area contributed by atoms with E-state index in [0.717, 1.165) is 48.0 Å². The van der Waals surface area contributed by atoms with Crippen molar-refractivity contribution in [2.24, 2.45) is 0 Å². The third-order valence-electron chi connectivity index (χ3n) is 8.72. The fourth-order valence-electron chi connectivity index (χ4n) is 6.88. The molecule has 41 heavy (non-hydrogen) atoms. The Morgan fingerprint density at radius 2 is 1.90 bits per heavy atom. The van der Waals surface area contributed by atoms with Crippen molar-refractivity contribution in [3.63, 3.8) is 0 Å². The summed E-state index contributed by atoms with van der Waals surface area (Å²) in [4.78, 5) is 23.1. The molecule has 2 bridgehead atoms. The van der Waals surface area contributed by atoms with Crippen LogP contribution in [0.15, 0.2) is 36.5 Å². The Morgan fingerprint density at radius 3 is 2.68 bits per heavy atom. The predicted octanol–water partition coefficient (Wildman–Crippen LogP) is 4.74. The number of ether oxygens (including phenoxy) is 1. The summed E-state index contributed by atoms with van der Waals surface area (Å²) < 4.78 is 18.0. The van der Waals surface area contributed by atoms with Crippen molar-refractivity contribution >= 4 is 39.2 Å². The number of hydrogen-bond donors (Lipinski definition) is 2. The number of phenols is 1. The smallest absolute Gasteiger partial charge is 0.320 e. The zero-order valence-corrected chi connectivity index (χ0v) is 23.7. The number of alkyl halides is 1. The third kappa shape index (κ3) is 5.13. The monoisotopic (exact) mass is 577 g/mol. The van der Waals surface area contributed by atoms with E-state index < -0.39 is 6.17 Å². The molecule has 4 aromatic rings. The number of benzene rings is 2. The van der Waals surface area contributed by atoms with Crippen molar-refractivity contribution in [2.45, 2.75) is 56.4 Å². The Bertz CT molecular complexity index is 1580. The average Bonchev–Trinajstić information content (AvgIpc) is 3.65. The van der Waals surface area contributed by atoms with Gasteiger partial charge in [0.25, 0.3) is 0 Å². The Hall–Kier alpha value is -3.34. The number of rotatable bonds is 3. The molecule has 4 fully saturated rings. The Labute approximate surface area is 242 Å². The number of phenolic OH excluding ortho intramolecular Hbond substituents is 1. The van der Waals surface area contributed by atoms with Crippen LogP contribution in [0.5, 0.6) is 11.8 Å². The highest BCUT2D eigenvalue weighted by Gasteiger charge is 2.35. The van der Waals surface area contributed by atoms with Gasteiger partial charge in [0.15, 0.2) is 11.5 Å². The van der Waals surface area contributed by atoms with E-state index in [-0.39, 0.29) is 11.8 Å². The van der Waals surface area contributed by atoms with Crippen LogP contribution in [-0.4, -0.2) is 87.5 Å². The molecule has 214 valence electrons. The number of hydrogen-bond acceptors (Lipinski definition) is 9. The zero-order valence-electron chi connectivity index (χ0n) is 22.9. The molecule has 0 aliphatic carbocycles. The predicted molar refractivity (Wildman–Crippen MR) is 158 cm³/mol. The summed E-state index contributed by atoms with van der Waals surface area (Å²) in [6, 6.07) is 10.7. The molecule has 2 aromatic heterocycles. The Balaban J connectivity index is 0.000000260. The number of methoxy groups -OCH3 is 1. The van der Waals surface area contributed by atoms with Gasteiger partial charge in [-0.25, -0.2) is 14.4 Å². The first kappa shape index (κ1) is 26.6. The van der Waals surface area contributed by atoms with E-state index in [1.165, 1.54) is 25.7 Å². The number of fused-ring (bicyclic) bond motifs is 5. The summed E-state index contributed by atoms with van der Waals surface area (Å²) in [6.07, 6.45) is 6.91. The molecule has 4 saturated heterocycles. The van der Waals surface area contributed by atoms with Crippen LogP contribution in [0, 0.1) is 0 Å². The van der Waals surface area contributed by atoms with Crippen molar-refractivity contribution in [2.75, 3.05) is 38.2 Å². The van der Waals surface area contributed by atoms with Crippen LogP contribution in [0.1, 0.15) is 32.1 Å². The Kier molecular flexibility index (Phi) is 7.00. The molecule has 4 aliphatic rings. The lowest BCUT2D eigenvalue weighted by molar-refractivity contribution is 0.292. The summed E-state index contributed by atoms with van der Waals surface area (Å²) >= 11 is 6.49. The second kappa shape index (κ2) is 10.8. The molecule has 2 N–H and O–H groups in total. The maximum Gasteiger partial charge on any atom is 0.320 e. The fraction of sp³-hybridized carbons (Fsp3) is 0.467. The number of aromatic hydroxyl groups is 1. The zero-order chi connectivity index (χ0) is 28.1. The van der Waals surface area contributed by atoms with Crippen LogP contribution in [0.2, 0.25) is 5.02 Å². The van der Waals surface area contributed by atoms with Gasteiger partial charge in [-0.15, -0.1) is 0 Å². The van der Waals surface area contributed by atoms with Crippen LogP contribution in [-0.2, 0) is 0 Å². The number of nitrogens with one attached hydrogen (secondary N) is 1. The molecule has 4 aliphatic heterocycles. The lowest BCUT2D eigenvalue weighted by Gasteiger charge is -2.34. The first-order valence-corrected chi connectivity index (χ1v) is 14.7. The van der Waals surface area contributed by atoms with Gasteiger partial charge in [0.1, 0.15) is 17.7 Å². The van der Waals surface area contributed by atoms with Gasteiger partial charge in [0.05, 0.1) is 12.5 Å². The fourth-order valence-corrected chi connectivity index (χ4v) is 7.17. The highest BCUT2D eigenvalue weighted by Crippen LogP contribution is 2.37. The van der Waals surface area contributed by atoms with Crippen molar-refractivity contribution in [3.05, 3.63) is 41.6 Å². The van der Waals surface area contributed by atoms with E-state index in [2.05, 4.69) is 30.1 Å². The second-order valence-electron chi connectivity index (χ2n) is 11.5. The number of aromatic nitrogens is 4. The van der Waals surface area contributed by atoms with E-state index in [1.54, 1.807) is 25.4 Å². The summed E-state index contributed by atoms with van der Waals surface area (Å²) in [5, 5.41) is 16.8. The van der Waals surface area contributed by atoms with Crippen molar-refractivity contribution < 1.29 is 14.2 Å². The molecule has 9 nitrogen and oxygen atoms in total. The average molecular weight is 578 g/mol. The minimum atomic E-state index is -0.518. The van der Waals surface area contributed by atoms with Gasteiger partial charge in [-0.1, -0.05) is 23.7 Å². The molecule has 6 heterocycles. The standard InChI is InChI=1S/C23H21ClN6O2.C7H12FN/c1-32-23-28-21-17(22(29-23)30-10-13-5-6-14(11-30)26-13)9-25-20(27-21)16-8-15(31)7-12-3-2-4-18(24)19(12)16;8-6-4-7-2-1-3-9(7)5-6/h2-4,7-9,13-14,26,31H,5-6,10-11H2,1H3;6-7H,1-5H2/t13-,14?;/m0./s1. The lowest BCUT2D eigenvalue weighted by Crippen LogP contribution is -2.51. The lowest BCUT2D eigenvalue weighted by atomic mass is 10.0. The molecule has 11 heteroatoms. The maximum atomic E-state index is 12.6. The second-order valence-corrected chi connectivity index (χ2v) is 11.9. The van der Waals surface area contributed by atoms with Crippen LogP contribution in [0.25, 0.3) is 33.2 Å². The molecule has 0 spiro atoms. The van der Waals surface area contributed by atoms with E-state index in [9.17, 15) is 9.50 Å². The van der Waals surface area contributed by atoms with Crippen LogP contribution in [0.3, 0.4) is 0 Å². The van der Waals surface area contributed by atoms with Crippen molar-refractivity contribution in [1.29, 1.82) is 0 Å². The molecule has 0 radical (unpaired) electrons. The highest BCUT2D eigenvalue weighted by atomic mass is 35.5. The summed E-state index contributed by atoms with van der Waals surface area (Å²) in [6.45, 7) is 3.61. The third-order valence-corrected chi connectivity index (χ3v) is 9.04. The minimum Gasteiger partial charge on any atom is -0.508 e. The number of halogens is 2. The van der Waals surface area contributed by atoms with Gasteiger partial charge in [0, 0.05) is 59.9 Å². The number of piperazine rings is 1. The van der Waals surface area contributed by atoms with E-state index >= 15 is 0 Å². The first-order chi connectivity index (χ1) is 19.9. The highest BCUT2D eigenvalue weighted by molar-refractivity contribution is 6.36. The van der Waals surface area contributed by atoms with E-state index in [4.69, 9.17) is 21.3 Å². The number of anilines is 1. The maximum absolute atomic E-state index is 12.6. The Morgan fingerprint density at radius 1 is 1.07 bits per heavy atom. The van der Waals surface area contributed by atoms with Crippen LogP contribution < -0.4 is 15.0 Å². The van der Waals surface area contributed by atoms with E-state index in [0.29, 0.717) is 46.7 Å². The molecule has 0 saturated carbocycles. The number of nitrogens with zero attached hydrogens (tertiary/aromatic N) is 6. The van der Waals surface area contributed by atoms with Gasteiger partial charge in [-0.2, -0.15) is 9.97 Å². The molecule has 3 unspecified atom stereocenters. The largest absolute Gasteiger partial charge is 0.508 e. The van der Waals surface area contributed by atoms with Crippen molar-refractivity contribution in [3.8, 4) is 23.1 Å².